The Bertz CT molecular complexity index is 562. The summed E-state index contributed by atoms with van der Waals surface area (Å²) in [4.78, 5) is 23.7. The minimum absolute atomic E-state index is 0.0782. The van der Waals surface area contributed by atoms with Crippen LogP contribution < -0.4 is 10.6 Å². The highest BCUT2D eigenvalue weighted by Gasteiger charge is 2.21. The van der Waals surface area contributed by atoms with E-state index in [2.05, 4.69) is 31.4 Å². The van der Waals surface area contributed by atoms with Gasteiger partial charge in [-0.15, -0.1) is 0 Å². The minimum atomic E-state index is -0.318. The quantitative estimate of drug-likeness (QED) is 0.812. The van der Waals surface area contributed by atoms with Gasteiger partial charge in [-0.25, -0.2) is 4.79 Å². The summed E-state index contributed by atoms with van der Waals surface area (Å²) in [5, 5.41) is 5.69. The van der Waals surface area contributed by atoms with E-state index in [1.165, 1.54) is 0 Å². The molecule has 0 saturated heterocycles. The molecule has 0 spiro atoms. The van der Waals surface area contributed by atoms with Crippen molar-refractivity contribution < 1.29 is 14.3 Å². The van der Waals surface area contributed by atoms with E-state index in [0.29, 0.717) is 6.61 Å². The number of anilines is 1. The van der Waals surface area contributed by atoms with Gasteiger partial charge in [0.2, 0.25) is 0 Å². The monoisotopic (exact) mass is 320 g/mol. The Morgan fingerprint density at radius 2 is 1.91 bits per heavy atom. The van der Waals surface area contributed by atoms with Gasteiger partial charge >= 0.3 is 12.0 Å². The lowest BCUT2D eigenvalue weighted by molar-refractivity contribution is -0.143. The van der Waals surface area contributed by atoms with Crippen molar-refractivity contribution in [1.82, 2.24) is 5.32 Å². The first-order valence-electron chi connectivity index (χ1n) is 7.98. The van der Waals surface area contributed by atoms with Crippen molar-refractivity contribution in [3.8, 4) is 0 Å². The molecule has 2 N–H and O–H groups in total. The topological polar surface area (TPSA) is 67.4 Å². The van der Waals surface area contributed by atoms with Crippen LogP contribution in [-0.2, 0) is 14.9 Å². The summed E-state index contributed by atoms with van der Waals surface area (Å²) in [5.41, 5.74) is 2.82. The standard InChI is InChI=1S/C18H28N2O3/c1-7-23-15(21)11-13(3)19-17(22)20-16-12(2)9-8-10-14(16)18(4,5)6/h8-10,13H,7,11H2,1-6H3,(H2,19,20,22). The predicted molar refractivity (Wildman–Crippen MR) is 92.7 cm³/mol. The highest BCUT2D eigenvalue weighted by Crippen LogP contribution is 2.31. The number of benzene rings is 1. The van der Waals surface area contributed by atoms with Gasteiger partial charge in [-0.05, 0) is 37.3 Å². The molecule has 0 aliphatic heterocycles. The van der Waals surface area contributed by atoms with Crippen molar-refractivity contribution >= 4 is 17.7 Å². The van der Waals surface area contributed by atoms with Crippen molar-refractivity contribution in [3.05, 3.63) is 29.3 Å². The molecule has 0 fully saturated rings. The van der Waals surface area contributed by atoms with E-state index >= 15 is 0 Å². The van der Waals surface area contributed by atoms with E-state index in [1.807, 2.05) is 25.1 Å². The van der Waals surface area contributed by atoms with Gasteiger partial charge in [0.1, 0.15) is 0 Å². The van der Waals surface area contributed by atoms with Crippen LogP contribution in [0.5, 0.6) is 0 Å². The Balaban J connectivity index is 2.77. The first-order chi connectivity index (χ1) is 10.6. The summed E-state index contributed by atoms with van der Waals surface area (Å²) >= 11 is 0. The average Bonchev–Trinajstić information content (AvgIpc) is 2.39. The molecule has 0 aromatic heterocycles. The number of hydrogen-bond acceptors (Lipinski definition) is 3. The maximum absolute atomic E-state index is 12.2. The molecule has 0 aliphatic carbocycles. The minimum Gasteiger partial charge on any atom is -0.466 e. The Morgan fingerprint density at radius 1 is 1.26 bits per heavy atom. The number of carbonyl (C=O) groups is 2. The third-order valence-electron chi connectivity index (χ3n) is 3.48. The molecular weight excluding hydrogens is 292 g/mol. The molecular formula is C18H28N2O3. The molecule has 1 unspecified atom stereocenters. The van der Waals surface area contributed by atoms with Crippen LogP contribution in [0.25, 0.3) is 0 Å². The Morgan fingerprint density at radius 3 is 2.48 bits per heavy atom. The van der Waals surface area contributed by atoms with Crippen LogP contribution >= 0.6 is 0 Å². The van der Waals surface area contributed by atoms with Crippen molar-refractivity contribution in [2.45, 2.75) is 59.4 Å². The summed E-state index contributed by atoms with van der Waals surface area (Å²) in [7, 11) is 0. The molecule has 0 radical (unpaired) electrons. The SMILES string of the molecule is CCOC(=O)CC(C)NC(=O)Nc1c(C)cccc1C(C)(C)C. The molecule has 1 aromatic rings. The summed E-state index contributed by atoms with van der Waals surface area (Å²) in [6.07, 6.45) is 0.154. The van der Waals surface area contributed by atoms with Gasteiger partial charge in [0.25, 0.3) is 0 Å². The lowest BCUT2D eigenvalue weighted by Gasteiger charge is -2.25. The van der Waals surface area contributed by atoms with Crippen LogP contribution in [0.2, 0.25) is 0 Å². The molecule has 2 amide bonds. The van der Waals surface area contributed by atoms with Gasteiger partial charge < -0.3 is 15.4 Å². The highest BCUT2D eigenvalue weighted by atomic mass is 16.5. The third-order valence-corrected chi connectivity index (χ3v) is 3.48. The number of aryl methyl sites for hydroxylation is 1. The second-order valence-electron chi connectivity index (χ2n) is 6.76. The molecule has 23 heavy (non-hydrogen) atoms. The number of para-hydroxylation sites is 1. The van der Waals surface area contributed by atoms with Crippen LogP contribution in [0.3, 0.4) is 0 Å². The van der Waals surface area contributed by atoms with Crippen LogP contribution in [0, 0.1) is 6.92 Å². The third kappa shape index (κ3) is 5.93. The first kappa shape index (κ1) is 19.0. The summed E-state index contributed by atoms with van der Waals surface area (Å²) in [6.45, 7) is 12.2. The maximum Gasteiger partial charge on any atom is 0.319 e. The van der Waals surface area contributed by atoms with E-state index in [0.717, 1.165) is 16.8 Å². The molecule has 0 heterocycles. The van der Waals surface area contributed by atoms with Crippen molar-refractivity contribution in [1.29, 1.82) is 0 Å². The number of esters is 1. The molecule has 0 saturated carbocycles. The summed E-state index contributed by atoms with van der Waals surface area (Å²) in [6, 6.07) is 5.36. The number of ether oxygens (including phenoxy) is 1. The number of rotatable bonds is 5. The van der Waals surface area contributed by atoms with E-state index in [9.17, 15) is 9.59 Å². The lowest BCUT2D eigenvalue weighted by Crippen LogP contribution is -2.38. The van der Waals surface area contributed by atoms with E-state index in [1.54, 1.807) is 13.8 Å². The molecule has 0 bridgehead atoms. The van der Waals surface area contributed by atoms with Crippen LogP contribution in [0.1, 0.15) is 52.2 Å². The second kappa shape index (κ2) is 7.99. The number of amides is 2. The van der Waals surface area contributed by atoms with Crippen LogP contribution in [0.15, 0.2) is 18.2 Å². The smallest absolute Gasteiger partial charge is 0.319 e. The largest absolute Gasteiger partial charge is 0.466 e. The lowest BCUT2D eigenvalue weighted by atomic mass is 9.84. The molecule has 5 nitrogen and oxygen atoms in total. The zero-order valence-electron chi connectivity index (χ0n) is 14.9. The Hall–Kier alpha value is -2.04. The fourth-order valence-corrected chi connectivity index (χ4v) is 2.35. The molecule has 1 aromatic carbocycles. The number of urea groups is 1. The fourth-order valence-electron chi connectivity index (χ4n) is 2.35. The van der Waals surface area contributed by atoms with Crippen molar-refractivity contribution in [2.24, 2.45) is 0 Å². The van der Waals surface area contributed by atoms with E-state index in [-0.39, 0.29) is 29.9 Å². The normalized spacial score (nSPS) is 12.4. The first-order valence-corrected chi connectivity index (χ1v) is 7.98. The van der Waals surface area contributed by atoms with Gasteiger partial charge in [0.15, 0.2) is 0 Å². The van der Waals surface area contributed by atoms with Crippen molar-refractivity contribution in [2.75, 3.05) is 11.9 Å². The Kier molecular flexibility index (Phi) is 6.61. The highest BCUT2D eigenvalue weighted by molar-refractivity contribution is 5.91. The van der Waals surface area contributed by atoms with Gasteiger partial charge in [-0.2, -0.15) is 0 Å². The van der Waals surface area contributed by atoms with Crippen LogP contribution in [0.4, 0.5) is 10.5 Å². The molecule has 128 valence electrons. The summed E-state index contributed by atoms with van der Waals surface area (Å²) < 4.78 is 4.88. The zero-order valence-corrected chi connectivity index (χ0v) is 14.9. The molecule has 1 rings (SSSR count). The van der Waals surface area contributed by atoms with Gasteiger partial charge in [0, 0.05) is 11.7 Å². The zero-order chi connectivity index (χ0) is 17.6. The van der Waals surface area contributed by atoms with E-state index < -0.39 is 0 Å². The molecule has 5 heteroatoms. The number of carbonyl (C=O) groups excluding carboxylic acids is 2. The number of nitrogens with one attached hydrogen (secondary N) is 2. The van der Waals surface area contributed by atoms with Crippen molar-refractivity contribution in [3.63, 3.8) is 0 Å². The maximum atomic E-state index is 12.2. The average molecular weight is 320 g/mol. The number of hydrogen-bond donors (Lipinski definition) is 2. The molecule has 0 aliphatic rings. The van der Waals surface area contributed by atoms with Gasteiger partial charge in [0.05, 0.1) is 13.0 Å². The second-order valence-corrected chi connectivity index (χ2v) is 6.76. The van der Waals surface area contributed by atoms with E-state index in [4.69, 9.17) is 4.74 Å². The fraction of sp³-hybridized carbons (Fsp3) is 0.556. The predicted octanol–water partition coefficient (Wildman–Crippen LogP) is 3.76. The van der Waals surface area contributed by atoms with Gasteiger partial charge in [-0.3, -0.25) is 4.79 Å². The Labute approximate surface area is 138 Å². The van der Waals surface area contributed by atoms with Gasteiger partial charge in [-0.1, -0.05) is 39.0 Å². The molecule has 1 atom stereocenters. The van der Waals surface area contributed by atoms with Crippen LogP contribution in [-0.4, -0.2) is 24.6 Å². The summed E-state index contributed by atoms with van der Waals surface area (Å²) in [5.74, 6) is -0.313.